The molecular formula is C16H19BrN2O. The van der Waals surface area contributed by atoms with Gasteiger partial charge in [-0.2, -0.15) is 0 Å². The van der Waals surface area contributed by atoms with E-state index in [1.54, 1.807) is 0 Å². The zero-order valence-electron chi connectivity index (χ0n) is 11.9. The molecule has 0 saturated carbocycles. The predicted octanol–water partition coefficient (Wildman–Crippen LogP) is 3.91. The van der Waals surface area contributed by atoms with Gasteiger partial charge in [0.05, 0.1) is 6.04 Å². The maximum atomic E-state index is 12.1. The normalized spacial score (nSPS) is 13.2. The number of carbonyl (C=O) groups excluding carboxylic acids is 1. The fourth-order valence-electron chi connectivity index (χ4n) is 1.91. The van der Waals surface area contributed by atoms with Gasteiger partial charge in [0.15, 0.2) is 0 Å². The number of benzene rings is 2. The highest BCUT2D eigenvalue weighted by Gasteiger charge is 2.27. The van der Waals surface area contributed by atoms with Crippen LogP contribution in [0.5, 0.6) is 0 Å². The molecule has 0 unspecified atom stereocenters. The van der Waals surface area contributed by atoms with Gasteiger partial charge in [0.2, 0.25) is 5.91 Å². The number of fused-ring (bicyclic) bond motifs is 1. The summed E-state index contributed by atoms with van der Waals surface area (Å²) >= 11 is 3.45. The molecule has 0 radical (unpaired) electrons. The summed E-state index contributed by atoms with van der Waals surface area (Å²) in [7, 11) is 0. The summed E-state index contributed by atoms with van der Waals surface area (Å²) < 4.78 is 1.04. The molecule has 4 heteroatoms. The molecule has 0 bridgehead atoms. The van der Waals surface area contributed by atoms with Crippen LogP contribution in [0.1, 0.15) is 20.8 Å². The number of nitrogens with one attached hydrogen (secondary N) is 1. The largest absolute Gasteiger partial charge is 0.325 e. The molecule has 1 amide bonds. The Morgan fingerprint density at radius 1 is 1.15 bits per heavy atom. The average Bonchev–Trinajstić information content (AvgIpc) is 2.37. The number of hydrogen-bond donors (Lipinski definition) is 2. The van der Waals surface area contributed by atoms with E-state index in [1.807, 2.05) is 57.2 Å². The second-order valence-electron chi connectivity index (χ2n) is 6.04. The summed E-state index contributed by atoms with van der Waals surface area (Å²) in [5, 5.41) is 5.08. The van der Waals surface area contributed by atoms with Crippen LogP contribution in [0.3, 0.4) is 0 Å². The van der Waals surface area contributed by atoms with Crippen molar-refractivity contribution in [2.24, 2.45) is 11.1 Å². The SMILES string of the molecule is CC(C)(C)[C@H](N)C(=O)Nc1ccc2cc(Br)ccc2c1. The predicted molar refractivity (Wildman–Crippen MR) is 87.7 cm³/mol. The summed E-state index contributed by atoms with van der Waals surface area (Å²) in [6.45, 7) is 5.86. The maximum absolute atomic E-state index is 12.1. The van der Waals surface area contributed by atoms with Crippen LogP contribution >= 0.6 is 15.9 Å². The van der Waals surface area contributed by atoms with E-state index in [2.05, 4.69) is 21.2 Å². The minimum absolute atomic E-state index is 0.158. The second kappa shape index (κ2) is 5.54. The summed E-state index contributed by atoms with van der Waals surface area (Å²) in [5.74, 6) is -0.158. The fraction of sp³-hybridized carbons (Fsp3) is 0.312. The van der Waals surface area contributed by atoms with Gasteiger partial charge in [0.25, 0.3) is 0 Å². The van der Waals surface area contributed by atoms with Crippen LogP contribution in [0.25, 0.3) is 10.8 Å². The molecule has 0 aromatic heterocycles. The molecule has 0 heterocycles. The number of carbonyl (C=O) groups is 1. The van der Waals surface area contributed by atoms with E-state index >= 15 is 0 Å². The van der Waals surface area contributed by atoms with E-state index < -0.39 is 6.04 Å². The Morgan fingerprint density at radius 3 is 2.40 bits per heavy atom. The number of nitrogens with two attached hydrogens (primary N) is 1. The standard InChI is InChI=1S/C16H19BrN2O/c1-16(2,3)14(18)15(20)19-13-7-5-10-8-12(17)6-4-11(10)9-13/h4-9,14H,18H2,1-3H3,(H,19,20)/t14-/m1/s1. The average molecular weight is 335 g/mol. The van der Waals surface area contributed by atoms with Gasteiger partial charge < -0.3 is 11.1 Å². The van der Waals surface area contributed by atoms with Crippen molar-refractivity contribution in [2.45, 2.75) is 26.8 Å². The van der Waals surface area contributed by atoms with Gasteiger partial charge in [-0.25, -0.2) is 0 Å². The molecule has 2 aromatic carbocycles. The summed E-state index contributed by atoms with van der Waals surface area (Å²) in [6.07, 6.45) is 0. The van der Waals surface area contributed by atoms with Crippen molar-refractivity contribution in [1.29, 1.82) is 0 Å². The van der Waals surface area contributed by atoms with Crippen molar-refractivity contribution in [3.8, 4) is 0 Å². The van der Waals surface area contributed by atoms with Gasteiger partial charge in [-0.1, -0.05) is 48.8 Å². The molecule has 20 heavy (non-hydrogen) atoms. The zero-order valence-corrected chi connectivity index (χ0v) is 13.5. The summed E-state index contributed by atoms with van der Waals surface area (Å²) in [6, 6.07) is 11.3. The van der Waals surface area contributed by atoms with Crippen molar-refractivity contribution in [3.05, 3.63) is 40.9 Å². The van der Waals surface area contributed by atoms with Crippen molar-refractivity contribution >= 4 is 38.3 Å². The Balaban J connectivity index is 2.22. The van der Waals surface area contributed by atoms with Crippen molar-refractivity contribution in [1.82, 2.24) is 0 Å². The molecule has 1 atom stereocenters. The highest BCUT2D eigenvalue weighted by molar-refractivity contribution is 9.10. The van der Waals surface area contributed by atoms with E-state index in [0.29, 0.717) is 0 Å². The molecule has 106 valence electrons. The van der Waals surface area contributed by atoms with Gasteiger partial charge >= 0.3 is 0 Å². The highest BCUT2D eigenvalue weighted by atomic mass is 79.9. The van der Waals surface area contributed by atoms with E-state index in [9.17, 15) is 4.79 Å². The molecule has 3 nitrogen and oxygen atoms in total. The first kappa shape index (κ1) is 15.0. The maximum Gasteiger partial charge on any atom is 0.241 e. The molecule has 2 rings (SSSR count). The Morgan fingerprint density at radius 2 is 1.75 bits per heavy atom. The van der Waals surface area contributed by atoms with Gasteiger partial charge in [-0.15, -0.1) is 0 Å². The van der Waals surface area contributed by atoms with E-state index in [0.717, 1.165) is 20.9 Å². The molecular weight excluding hydrogens is 316 g/mol. The van der Waals surface area contributed by atoms with E-state index in [4.69, 9.17) is 5.73 Å². The highest BCUT2D eigenvalue weighted by Crippen LogP contribution is 2.24. The van der Waals surface area contributed by atoms with Crippen LogP contribution in [0, 0.1) is 5.41 Å². The van der Waals surface area contributed by atoms with Gasteiger partial charge in [-0.05, 0) is 40.5 Å². The van der Waals surface area contributed by atoms with E-state index in [1.165, 1.54) is 0 Å². The number of rotatable bonds is 2. The smallest absolute Gasteiger partial charge is 0.241 e. The molecule has 2 aromatic rings. The van der Waals surface area contributed by atoms with Crippen molar-refractivity contribution < 1.29 is 4.79 Å². The van der Waals surface area contributed by atoms with Crippen LogP contribution in [-0.4, -0.2) is 11.9 Å². The molecule has 0 aliphatic heterocycles. The first-order valence-corrected chi connectivity index (χ1v) is 7.32. The quantitative estimate of drug-likeness (QED) is 0.874. The monoisotopic (exact) mass is 334 g/mol. The summed E-state index contributed by atoms with van der Waals surface area (Å²) in [4.78, 5) is 12.1. The first-order chi connectivity index (χ1) is 9.27. The minimum Gasteiger partial charge on any atom is -0.325 e. The third-order valence-corrected chi connectivity index (χ3v) is 3.78. The van der Waals surface area contributed by atoms with Gasteiger partial charge in [0.1, 0.15) is 0 Å². The van der Waals surface area contributed by atoms with Gasteiger partial charge in [0, 0.05) is 10.2 Å². The molecule has 0 aliphatic carbocycles. The Labute approximate surface area is 127 Å². The molecule has 0 saturated heterocycles. The molecule has 0 fully saturated rings. The number of halogens is 1. The lowest BCUT2D eigenvalue weighted by Gasteiger charge is -2.25. The summed E-state index contributed by atoms with van der Waals surface area (Å²) in [5.41, 5.74) is 6.47. The Bertz CT molecular complexity index is 646. The van der Waals surface area contributed by atoms with Gasteiger partial charge in [-0.3, -0.25) is 4.79 Å². The number of hydrogen-bond acceptors (Lipinski definition) is 2. The van der Waals surface area contributed by atoms with Crippen molar-refractivity contribution in [2.75, 3.05) is 5.32 Å². The topological polar surface area (TPSA) is 55.1 Å². The van der Waals surface area contributed by atoms with Crippen LogP contribution in [-0.2, 0) is 4.79 Å². The molecule has 0 aliphatic rings. The van der Waals surface area contributed by atoms with E-state index in [-0.39, 0.29) is 11.3 Å². The third kappa shape index (κ3) is 3.38. The molecule has 0 spiro atoms. The third-order valence-electron chi connectivity index (χ3n) is 3.29. The first-order valence-electron chi connectivity index (χ1n) is 6.53. The lowest BCUT2D eigenvalue weighted by atomic mass is 9.87. The lowest BCUT2D eigenvalue weighted by Crippen LogP contribution is -2.45. The number of anilines is 1. The van der Waals surface area contributed by atoms with Crippen LogP contribution < -0.4 is 11.1 Å². The number of amides is 1. The van der Waals surface area contributed by atoms with Crippen LogP contribution in [0.2, 0.25) is 0 Å². The lowest BCUT2D eigenvalue weighted by molar-refractivity contribution is -0.119. The van der Waals surface area contributed by atoms with Crippen molar-refractivity contribution in [3.63, 3.8) is 0 Å². The minimum atomic E-state index is -0.539. The zero-order chi connectivity index (χ0) is 14.9. The molecule has 3 N–H and O–H groups in total. The second-order valence-corrected chi connectivity index (χ2v) is 6.95. The fourth-order valence-corrected chi connectivity index (χ4v) is 2.29. The van der Waals surface area contributed by atoms with Crippen LogP contribution in [0.15, 0.2) is 40.9 Å². The Hall–Kier alpha value is -1.39. The Kier molecular flexibility index (Phi) is 4.16. The van der Waals surface area contributed by atoms with Crippen LogP contribution in [0.4, 0.5) is 5.69 Å².